The maximum atomic E-state index is 13.3. The topological polar surface area (TPSA) is 94.9 Å². The minimum Gasteiger partial charge on any atom is -0.505 e. The van der Waals surface area contributed by atoms with Crippen LogP contribution in [0.4, 0.5) is 0 Å². The lowest BCUT2D eigenvalue weighted by Gasteiger charge is -2.31. The van der Waals surface area contributed by atoms with Gasteiger partial charge in [0.15, 0.2) is 5.75 Å². The third-order valence-electron chi connectivity index (χ3n) is 3.96. The van der Waals surface area contributed by atoms with Crippen LogP contribution in [0.25, 0.3) is 0 Å². The molecule has 0 spiro atoms. The van der Waals surface area contributed by atoms with E-state index in [1.807, 2.05) is 0 Å². The normalized spacial score (nSPS) is 13.1. The van der Waals surface area contributed by atoms with Crippen LogP contribution in [-0.4, -0.2) is 34.9 Å². The number of halogens is 2. The summed E-state index contributed by atoms with van der Waals surface area (Å²) in [6.07, 6.45) is 0. The molecule has 0 aliphatic carbocycles. The van der Waals surface area contributed by atoms with Gasteiger partial charge in [-0.25, -0.2) is 8.42 Å². The van der Waals surface area contributed by atoms with Gasteiger partial charge in [-0.1, -0.05) is 67.4 Å². The molecule has 2 aromatic rings. The van der Waals surface area contributed by atoms with E-state index in [4.69, 9.17) is 23.2 Å². The highest BCUT2D eigenvalue weighted by molar-refractivity contribution is 7.89. The van der Waals surface area contributed by atoms with E-state index >= 15 is 0 Å². The molecule has 0 unspecified atom stereocenters. The SMILES string of the molecule is CC(C)[C@@H](C(=O)O)N(Cc1ccccc1)S(=O)(=O)c1cc(Cl)cc(Cl)c1O. The molecular weight excluding hydrogens is 413 g/mol. The summed E-state index contributed by atoms with van der Waals surface area (Å²) >= 11 is 11.8. The smallest absolute Gasteiger partial charge is 0.322 e. The highest BCUT2D eigenvalue weighted by Crippen LogP contribution is 2.37. The van der Waals surface area contributed by atoms with E-state index < -0.39 is 38.6 Å². The minimum atomic E-state index is -4.43. The van der Waals surface area contributed by atoms with Gasteiger partial charge in [-0.15, -0.1) is 0 Å². The third-order valence-corrected chi connectivity index (χ3v) is 6.30. The number of nitrogens with zero attached hydrogens (tertiary/aromatic N) is 1. The first-order chi connectivity index (χ1) is 12.6. The van der Waals surface area contributed by atoms with Crippen molar-refractivity contribution in [1.82, 2.24) is 4.31 Å². The Labute approximate surface area is 168 Å². The number of aromatic hydroxyl groups is 1. The first-order valence-corrected chi connectivity index (χ1v) is 10.2. The lowest BCUT2D eigenvalue weighted by atomic mass is 10.0. The summed E-state index contributed by atoms with van der Waals surface area (Å²) in [5, 5.41) is 19.6. The predicted octanol–water partition coefficient (Wildman–Crippen LogP) is 4.00. The molecule has 0 bridgehead atoms. The molecule has 0 fully saturated rings. The Balaban J connectivity index is 2.66. The van der Waals surface area contributed by atoms with Gasteiger partial charge in [0.2, 0.25) is 10.0 Å². The fourth-order valence-electron chi connectivity index (χ4n) is 2.70. The van der Waals surface area contributed by atoms with Gasteiger partial charge in [0.05, 0.1) is 5.02 Å². The van der Waals surface area contributed by atoms with E-state index in [0.717, 1.165) is 10.4 Å². The van der Waals surface area contributed by atoms with Crippen molar-refractivity contribution < 1.29 is 23.4 Å². The zero-order valence-electron chi connectivity index (χ0n) is 14.6. The zero-order chi connectivity index (χ0) is 20.4. The van der Waals surface area contributed by atoms with Crippen LogP contribution in [0.1, 0.15) is 19.4 Å². The average Bonchev–Trinajstić information content (AvgIpc) is 2.57. The van der Waals surface area contributed by atoms with Gasteiger partial charge in [0.1, 0.15) is 10.9 Å². The van der Waals surface area contributed by atoms with Crippen molar-refractivity contribution in [3.05, 3.63) is 58.1 Å². The Bertz CT molecular complexity index is 932. The summed E-state index contributed by atoms with van der Waals surface area (Å²) in [6.45, 7) is 3.02. The number of carboxylic acid groups (broad SMARTS) is 1. The van der Waals surface area contributed by atoms with Crippen LogP contribution in [0.3, 0.4) is 0 Å². The fourth-order valence-corrected chi connectivity index (χ4v) is 5.15. The quantitative estimate of drug-likeness (QED) is 0.690. The summed E-state index contributed by atoms with van der Waals surface area (Å²) in [4.78, 5) is 11.3. The molecule has 0 amide bonds. The molecule has 2 aromatic carbocycles. The summed E-state index contributed by atoms with van der Waals surface area (Å²) in [7, 11) is -4.43. The van der Waals surface area contributed by atoms with Gasteiger partial charge < -0.3 is 10.2 Å². The van der Waals surface area contributed by atoms with Crippen LogP contribution in [-0.2, 0) is 21.4 Å². The Hall–Kier alpha value is -1.80. The van der Waals surface area contributed by atoms with Gasteiger partial charge in [0, 0.05) is 11.6 Å². The zero-order valence-corrected chi connectivity index (χ0v) is 17.0. The van der Waals surface area contributed by atoms with Crippen molar-refractivity contribution in [2.75, 3.05) is 0 Å². The fraction of sp³-hybridized carbons (Fsp3) is 0.278. The second-order valence-corrected chi connectivity index (χ2v) is 9.00. The summed E-state index contributed by atoms with van der Waals surface area (Å²) in [5.74, 6) is -2.50. The Morgan fingerprint density at radius 1 is 1.15 bits per heavy atom. The number of hydrogen-bond acceptors (Lipinski definition) is 4. The van der Waals surface area contributed by atoms with E-state index in [1.165, 1.54) is 6.07 Å². The number of carbonyl (C=O) groups is 1. The van der Waals surface area contributed by atoms with Crippen molar-refractivity contribution in [1.29, 1.82) is 0 Å². The largest absolute Gasteiger partial charge is 0.505 e. The van der Waals surface area contributed by atoms with Gasteiger partial charge in [-0.2, -0.15) is 4.31 Å². The van der Waals surface area contributed by atoms with Crippen LogP contribution in [0.5, 0.6) is 5.75 Å². The molecular formula is C18H19Cl2NO5S. The summed E-state index contributed by atoms with van der Waals surface area (Å²) in [5.41, 5.74) is 0.598. The van der Waals surface area contributed by atoms with Crippen LogP contribution in [0.15, 0.2) is 47.4 Å². The molecule has 0 aromatic heterocycles. The maximum Gasteiger partial charge on any atom is 0.322 e. The molecule has 2 N–H and O–H groups in total. The molecule has 0 aliphatic heterocycles. The number of sulfonamides is 1. The highest BCUT2D eigenvalue weighted by atomic mass is 35.5. The van der Waals surface area contributed by atoms with E-state index in [2.05, 4.69) is 0 Å². The third kappa shape index (κ3) is 4.73. The van der Waals surface area contributed by atoms with E-state index in [0.29, 0.717) is 5.56 Å². The average molecular weight is 432 g/mol. The number of hydrogen-bond donors (Lipinski definition) is 2. The molecule has 0 saturated carbocycles. The number of aliphatic carboxylic acids is 1. The molecule has 0 radical (unpaired) electrons. The van der Waals surface area contributed by atoms with Gasteiger partial charge in [-0.3, -0.25) is 4.79 Å². The molecule has 2 rings (SSSR count). The van der Waals surface area contributed by atoms with Crippen molar-refractivity contribution in [2.45, 2.75) is 31.3 Å². The Morgan fingerprint density at radius 3 is 2.26 bits per heavy atom. The second kappa shape index (κ2) is 8.48. The second-order valence-electron chi connectivity index (χ2n) is 6.30. The van der Waals surface area contributed by atoms with Gasteiger partial charge in [-0.05, 0) is 23.6 Å². The number of phenols is 1. The Morgan fingerprint density at radius 2 is 1.74 bits per heavy atom. The van der Waals surface area contributed by atoms with E-state index in [9.17, 15) is 23.4 Å². The monoisotopic (exact) mass is 431 g/mol. The van der Waals surface area contributed by atoms with Gasteiger partial charge in [0.25, 0.3) is 0 Å². The molecule has 0 aliphatic rings. The van der Waals surface area contributed by atoms with E-state index in [-0.39, 0.29) is 16.6 Å². The van der Waals surface area contributed by atoms with E-state index in [1.54, 1.807) is 44.2 Å². The van der Waals surface area contributed by atoms with Crippen LogP contribution >= 0.6 is 23.2 Å². The van der Waals surface area contributed by atoms with Crippen LogP contribution in [0.2, 0.25) is 10.0 Å². The number of rotatable bonds is 7. The van der Waals surface area contributed by atoms with Crippen LogP contribution < -0.4 is 0 Å². The first-order valence-electron chi connectivity index (χ1n) is 8.02. The number of benzene rings is 2. The lowest BCUT2D eigenvalue weighted by molar-refractivity contribution is -0.143. The Kier molecular flexibility index (Phi) is 6.75. The summed E-state index contributed by atoms with van der Waals surface area (Å²) in [6, 6.07) is 9.48. The standard InChI is InChI=1S/C18H19Cl2NO5S/c1-11(2)16(18(23)24)21(10-12-6-4-3-5-7-12)27(25,26)15-9-13(19)8-14(20)17(15)22/h3-9,11,16,22H,10H2,1-2H3,(H,23,24)/t16-/m0/s1. The number of phenolic OH excluding ortho intramolecular Hbond substituents is 1. The maximum absolute atomic E-state index is 13.3. The predicted molar refractivity (Wildman–Crippen MR) is 104 cm³/mol. The van der Waals surface area contributed by atoms with Crippen LogP contribution in [0, 0.1) is 5.92 Å². The molecule has 0 saturated heterocycles. The molecule has 1 atom stereocenters. The highest BCUT2D eigenvalue weighted by Gasteiger charge is 2.39. The van der Waals surface area contributed by atoms with Crippen molar-refractivity contribution in [2.24, 2.45) is 5.92 Å². The lowest BCUT2D eigenvalue weighted by Crippen LogP contribution is -2.47. The van der Waals surface area contributed by atoms with Crippen molar-refractivity contribution >= 4 is 39.2 Å². The molecule has 146 valence electrons. The number of carboxylic acids is 1. The minimum absolute atomic E-state index is 0.00691. The molecule has 9 heteroatoms. The summed E-state index contributed by atoms with van der Waals surface area (Å²) < 4.78 is 27.4. The van der Waals surface area contributed by atoms with Gasteiger partial charge >= 0.3 is 5.97 Å². The van der Waals surface area contributed by atoms with Crippen molar-refractivity contribution in [3.63, 3.8) is 0 Å². The van der Waals surface area contributed by atoms with Crippen molar-refractivity contribution in [3.8, 4) is 5.75 Å². The molecule has 27 heavy (non-hydrogen) atoms. The molecule has 0 heterocycles. The first kappa shape index (κ1) is 21.5. The molecule has 6 nitrogen and oxygen atoms in total.